The first-order valence-electron chi connectivity index (χ1n) is 6.68. The van der Waals surface area contributed by atoms with Crippen LogP contribution in [0.25, 0.3) is 16.7 Å². The molecule has 0 aliphatic heterocycles. The van der Waals surface area contributed by atoms with E-state index in [9.17, 15) is 4.39 Å². The largest absolute Gasteiger partial charge is 0.383 e. The first-order valence-corrected chi connectivity index (χ1v) is 6.68. The maximum atomic E-state index is 13.6. The van der Waals surface area contributed by atoms with E-state index in [-0.39, 0.29) is 11.9 Å². The van der Waals surface area contributed by atoms with Gasteiger partial charge < -0.3 is 10.5 Å². The van der Waals surface area contributed by atoms with Gasteiger partial charge in [0.15, 0.2) is 0 Å². The van der Waals surface area contributed by atoms with Crippen molar-refractivity contribution in [3.05, 3.63) is 60.2 Å². The number of hydrogen-bond acceptors (Lipinski definition) is 3. The van der Waals surface area contributed by atoms with Gasteiger partial charge in [0, 0.05) is 18.9 Å². The van der Waals surface area contributed by atoms with E-state index in [1.807, 2.05) is 34.9 Å². The highest BCUT2D eigenvalue weighted by atomic mass is 19.1. The Labute approximate surface area is 122 Å². The number of fused-ring (bicyclic) bond motifs is 1. The molecule has 0 bridgehead atoms. The summed E-state index contributed by atoms with van der Waals surface area (Å²) in [4.78, 5) is 4.54. The number of nitrogens with two attached hydrogens (primary N) is 1. The zero-order valence-corrected chi connectivity index (χ0v) is 11.7. The summed E-state index contributed by atoms with van der Waals surface area (Å²) in [7, 11) is 1.59. The fraction of sp³-hybridized carbons (Fsp3) is 0.188. The van der Waals surface area contributed by atoms with Crippen LogP contribution < -0.4 is 5.73 Å². The molecule has 0 aliphatic rings. The summed E-state index contributed by atoms with van der Waals surface area (Å²) in [5, 5.41) is 0. The highest BCUT2D eigenvalue weighted by Gasteiger charge is 2.18. The molecule has 2 aromatic carbocycles. The molecule has 108 valence electrons. The van der Waals surface area contributed by atoms with Crippen molar-refractivity contribution < 1.29 is 9.13 Å². The van der Waals surface area contributed by atoms with E-state index < -0.39 is 0 Å². The minimum atomic E-state index is -0.384. The Morgan fingerprint density at radius 2 is 2.00 bits per heavy atom. The number of ether oxygens (including phenoxy) is 1. The molecule has 0 unspecified atom stereocenters. The van der Waals surface area contributed by atoms with Crippen molar-refractivity contribution in [1.82, 2.24) is 9.55 Å². The number of nitrogens with zero attached hydrogens (tertiary/aromatic N) is 2. The summed E-state index contributed by atoms with van der Waals surface area (Å²) in [5.74, 6) is 0.357. The molecule has 4 nitrogen and oxygen atoms in total. The second kappa shape index (κ2) is 5.63. The van der Waals surface area contributed by atoms with Gasteiger partial charge >= 0.3 is 0 Å². The van der Waals surface area contributed by atoms with Gasteiger partial charge in [0.25, 0.3) is 0 Å². The molecule has 0 saturated heterocycles. The molecule has 0 saturated carbocycles. The Balaban J connectivity index is 2.26. The molecular formula is C16H16FN3O. The third kappa shape index (κ3) is 2.53. The van der Waals surface area contributed by atoms with E-state index in [4.69, 9.17) is 10.5 Å². The van der Waals surface area contributed by atoms with E-state index >= 15 is 0 Å². The third-order valence-electron chi connectivity index (χ3n) is 3.33. The Kier molecular flexibility index (Phi) is 3.68. The lowest BCUT2D eigenvalue weighted by Gasteiger charge is -2.14. The molecule has 1 heterocycles. The van der Waals surface area contributed by atoms with Crippen LogP contribution >= 0.6 is 0 Å². The van der Waals surface area contributed by atoms with Crippen LogP contribution in [0.5, 0.6) is 0 Å². The molecule has 2 N–H and O–H groups in total. The number of benzene rings is 2. The molecule has 0 amide bonds. The number of rotatable bonds is 4. The van der Waals surface area contributed by atoms with Crippen LogP contribution in [0, 0.1) is 5.82 Å². The van der Waals surface area contributed by atoms with E-state index in [1.54, 1.807) is 13.2 Å². The van der Waals surface area contributed by atoms with E-state index in [0.717, 1.165) is 5.69 Å². The maximum Gasteiger partial charge on any atom is 0.133 e. The summed E-state index contributed by atoms with van der Waals surface area (Å²) in [6.07, 6.45) is 0. The quantitative estimate of drug-likeness (QED) is 0.802. The van der Waals surface area contributed by atoms with Gasteiger partial charge in [-0.2, -0.15) is 0 Å². The van der Waals surface area contributed by atoms with Crippen molar-refractivity contribution >= 4 is 11.0 Å². The molecule has 5 heteroatoms. The van der Waals surface area contributed by atoms with Gasteiger partial charge in [-0.05, 0) is 24.3 Å². The molecule has 0 fully saturated rings. The number of halogens is 1. The van der Waals surface area contributed by atoms with Gasteiger partial charge in [0.05, 0.1) is 23.7 Å². The van der Waals surface area contributed by atoms with Crippen LogP contribution in [0.3, 0.4) is 0 Å². The van der Waals surface area contributed by atoms with Crippen LogP contribution in [0.2, 0.25) is 0 Å². The van der Waals surface area contributed by atoms with Crippen molar-refractivity contribution in [3.63, 3.8) is 0 Å². The topological polar surface area (TPSA) is 53.1 Å². The SMILES string of the molecule is COC[C@H](N)c1nc2ccc(F)cc2n1-c1ccccc1. The number of aromatic nitrogens is 2. The third-order valence-corrected chi connectivity index (χ3v) is 3.33. The van der Waals surface area contributed by atoms with Crippen molar-refractivity contribution in [2.24, 2.45) is 5.73 Å². The molecule has 1 aromatic heterocycles. The van der Waals surface area contributed by atoms with Crippen LogP contribution in [0.15, 0.2) is 48.5 Å². The molecule has 21 heavy (non-hydrogen) atoms. The van der Waals surface area contributed by atoms with Crippen LogP contribution in [0.1, 0.15) is 11.9 Å². The first kappa shape index (κ1) is 13.7. The standard InChI is InChI=1S/C16H16FN3O/c1-21-10-13(18)16-19-14-8-7-11(17)9-15(14)20(16)12-5-3-2-4-6-12/h2-9,13H,10,18H2,1H3/t13-/m0/s1. The summed E-state index contributed by atoms with van der Waals surface area (Å²) < 4.78 is 20.6. The molecule has 0 aliphatic carbocycles. The van der Waals surface area contributed by atoms with Crippen molar-refractivity contribution in [2.45, 2.75) is 6.04 Å². The fourth-order valence-corrected chi connectivity index (χ4v) is 2.42. The maximum absolute atomic E-state index is 13.6. The number of methoxy groups -OCH3 is 1. The summed E-state index contributed by atoms with van der Waals surface area (Å²) in [5.41, 5.74) is 8.45. The van der Waals surface area contributed by atoms with Gasteiger partial charge in [-0.1, -0.05) is 18.2 Å². The monoisotopic (exact) mass is 285 g/mol. The van der Waals surface area contributed by atoms with Gasteiger partial charge in [-0.25, -0.2) is 9.37 Å². The molecule has 0 radical (unpaired) electrons. The van der Waals surface area contributed by atoms with Gasteiger partial charge in [0.2, 0.25) is 0 Å². The van der Waals surface area contributed by atoms with E-state index in [2.05, 4.69) is 4.98 Å². The number of para-hydroxylation sites is 1. The molecule has 3 aromatic rings. The molecule has 0 spiro atoms. The zero-order valence-electron chi connectivity index (χ0n) is 11.7. The Hall–Kier alpha value is -2.24. The van der Waals surface area contributed by atoms with E-state index in [1.165, 1.54) is 12.1 Å². The minimum absolute atomic E-state index is 0.300. The second-order valence-electron chi connectivity index (χ2n) is 4.84. The predicted molar refractivity (Wildman–Crippen MR) is 79.8 cm³/mol. The van der Waals surface area contributed by atoms with Gasteiger partial charge in [0.1, 0.15) is 11.6 Å². The molecule has 3 rings (SSSR count). The van der Waals surface area contributed by atoms with Crippen LogP contribution in [-0.4, -0.2) is 23.3 Å². The lowest BCUT2D eigenvalue weighted by Crippen LogP contribution is -2.20. The number of imidazole rings is 1. The lowest BCUT2D eigenvalue weighted by molar-refractivity contribution is 0.178. The van der Waals surface area contributed by atoms with Gasteiger partial charge in [-0.15, -0.1) is 0 Å². The van der Waals surface area contributed by atoms with Crippen molar-refractivity contribution in [2.75, 3.05) is 13.7 Å². The van der Waals surface area contributed by atoms with Crippen molar-refractivity contribution in [1.29, 1.82) is 0 Å². The minimum Gasteiger partial charge on any atom is -0.383 e. The highest BCUT2D eigenvalue weighted by Crippen LogP contribution is 2.25. The van der Waals surface area contributed by atoms with Crippen molar-refractivity contribution in [3.8, 4) is 5.69 Å². The fourth-order valence-electron chi connectivity index (χ4n) is 2.42. The van der Waals surface area contributed by atoms with Gasteiger partial charge in [-0.3, -0.25) is 4.57 Å². The molecule has 1 atom stereocenters. The normalized spacial score (nSPS) is 12.7. The Bertz CT molecular complexity index is 755. The van der Waals surface area contributed by atoms with Crippen LogP contribution in [-0.2, 0) is 4.74 Å². The average Bonchev–Trinajstić information content (AvgIpc) is 2.87. The summed E-state index contributed by atoms with van der Waals surface area (Å²) in [6, 6.07) is 13.8. The zero-order chi connectivity index (χ0) is 14.8. The van der Waals surface area contributed by atoms with E-state index in [0.29, 0.717) is 23.5 Å². The van der Waals surface area contributed by atoms with Crippen LogP contribution in [0.4, 0.5) is 4.39 Å². The highest BCUT2D eigenvalue weighted by molar-refractivity contribution is 5.78. The number of hydrogen-bond donors (Lipinski definition) is 1. The second-order valence-corrected chi connectivity index (χ2v) is 4.84. The Morgan fingerprint density at radius 1 is 1.24 bits per heavy atom. The molecular weight excluding hydrogens is 269 g/mol. The predicted octanol–water partition coefficient (Wildman–Crippen LogP) is 2.81. The average molecular weight is 285 g/mol. The Morgan fingerprint density at radius 3 is 2.71 bits per heavy atom. The smallest absolute Gasteiger partial charge is 0.133 e. The first-order chi connectivity index (χ1) is 10.2. The summed E-state index contributed by atoms with van der Waals surface area (Å²) in [6.45, 7) is 0.346. The lowest BCUT2D eigenvalue weighted by atomic mass is 10.2. The summed E-state index contributed by atoms with van der Waals surface area (Å²) >= 11 is 0.